The predicted octanol–water partition coefficient (Wildman–Crippen LogP) is -1.33. The molecule has 3 rings (SSSR count). The first-order valence-corrected chi connectivity index (χ1v) is 8.27. The van der Waals surface area contributed by atoms with Crippen LogP contribution in [-0.2, 0) is 14.4 Å². The summed E-state index contributed by atoms with van der Waals surface area (Å²) in [6, 6.07) is -0.932. The molecule has 24 heavy (non-hydrogen) atoms. The number of nitrogens with two attached hydrogens (primary N) is 1. The van der Waals surface area contributed by atoms with Gasteiger partial charge in [-0.1, -0.05) is 5.16 Å². The molecule has 0 spiro atoms. The Morgan fingerprint density at radius 1 is 1.50 bits per heavy atom. The third-order valence-corrected chi connectivity index (χ3v) is 5.05. The van der Waals surface area contributed by atoms with Gasteiger partial charge in [0, 0.05) is 17.3 Å². The maximum absolute atomic E-state index is 12.2. The van der Waals surface area contributed by atoms with Gasteiger partial charge in [0.2, 0.25) is 11.5 Å². The first-order chi connectivity index (χ1) is 11.4. The number of hydrogen-bond donors (Lipinski definition) is 4. The molecule has 1 aromatic rings. The number of nitrogens with one attached hydrogen (secondary N) is 1. The lowest BCUT2D eigenvalue weighted by Gasteiger charge is -2.48. The van der Waals surface area contributed by atoms with Gasteiger partial charge in [0.05, 0.1) is 0 Å². The Hall–Kier alpha value is -2.67. The molecular formula is C11H10N6O5S2. The van der Waals surface area contributed by atoms with E-state index in [-0.39, 0.29) is 16.7 Å². The summed E-state index contributed by atoms with van der Waals surface area (Å²) in [5, 5.41) is 22.9. The monoisotopic (exact) mass is 370 g/mol. The molecule has 0 aliphatic carbocycles. The van der Waals surface area contributed by atoms with Crippen LogP contribution in [0.15, 0.2) is 16.9 Å². The second-order valence-electron chi connectivity index (χ2n) is 4.68. The number of β-lactam (4-membered cyclic amide) rings is 1. The van der Waals surface area contributed by atoms with Crippen molar-refractivity contribution in [1.82, 2.24) is 19.6 Å². The van der Waals surface area contributed by atoms with Crippen LogP contribution in [0.3, 0.4) is 0 Å². The van der Waals surface area contributed by atoms with E-state index in [1.807, 2.05) is 0 Å². The average Bonchev–Trinajstić information content (AvgIpc) is 2.98. The Bertz CT molecular complexity index is 790. The van der Waals surface area contributed by atoms with Gasteiger partial charge in [0.25, 0.3) is 11.8 Å². The van der Waals surface area contributed by atoms with Crippen LogP contribution in [-0.4, -0.2) is 65.2 Å². The summed E-state index contributed by atoms with van der Waals surface area (Å²) in [5.74, 6) is -2.40. The number of carbonyl (C=O) groups excluding carboxylic acids is 2. The van der Waals surface area contributed by atoms with Crippen LogP contribution in [0.25, 0.3) is 0 Å². The third kappa shape index (κ3) is 2.56. The number of carboxylic acid groups (broad SMARTS) is 1. The average molecular weight is 370 g/mol. The van der Waals surface area contributed by atoms with E-state index in [1.54, 1.807) is 0 Å². The molecule has 5 N–H and O–H groups in total. The zero-order chi connectivity index (χ0) is 17.4. The quantitative estimate of drug-likeness (QED) is 0.217. The standard InChI is InChI=1S/C11H10N6O5S2/c12-11-14-6(16-24-11)4(15-22)7(18)13-5-8(19)17-3(10(20)21)1-2-23-9(5)17/h1,5,9,22H,2H2,(H,13,18)(H,20,21)(H2,12,14,16). The fourth-order valence-electron chi connectivity index (χ4n) is 2.27. The lowest BCUT2D eigenvalue weighted by Crippen LogP contribution is -2.70. The van der Waals surface area contributed by atoms with E-state index < -0.39 is 34.9 Å². The molecule has 2 amide bonds. The summed E-state index contributed by atoms with van der Waals surface area (Å²) in [6.45, 7) is 0. The topological polar surface area (TPSA) is 171 Å². The molecule has 1 saturated heterocycles. The van der Waals surface area contributed by atoms with Crippen molar-refractivity contribution in [3.63, 3.8) is 0 Å². The molecule has 1 aromatic heterocycles. The highest BCUT2D eigenvalue weighted by Crippen LogP contribution is 2.37. The first kappa shape index (κ1) is 16.2. The van der Waals surface area contributed by atoms with Crippen LogP contribution >= 0.6 is 23.3 Å². The minimum absolute atomic E-state index is 0.0870. The van der Waals surface area contributed by atoms with Crippen molar-refractivity contribution in [2.24, 2.45) is 5.16 Å². The van der Waals surface area contributed by atoms with E-state index >= 15 is 0 Å². The van der Waals surface area contributed by atoms with E-state index in [2.05, 4.69) is 19.8 Å². The van der Waals surface area contributed by atoms with Crippen LogP contribution in [0, 0.1) is 0 Å². The molecule has 11 nitrogen and oxygen atoms in total. The van der Waals surface area contributed by atoms with E-state index in [4.69, 9.17) is 16.0 Å². The number of nitrogen functional groups attached to an aromatic ring is 1. The summed E-state index contributed by atoms with van der Waals surface area (Å²) < 4.78 is 3.76. The highest BCUT2D eigenvalue weighted by atomic mass is 32.2. The summed E-state index contributed by atoms with van der Waals surface area (Å²) in [4.78, 5) is 40.3. The number of aliphatic carboxylic acids is 1. The van der Waals surface area contributed by atoms with Gasteiger partial charge in [0.1, 0.15) is 17.1 Å². The number of thioether (sulfide) groups is 1. The molecule has 2 atom stereocenters. The Balaban J connectivity index is 1.73. The van der Waals surface area contributed by atoms with Gasteiger partial charge in [-0.3, -0.25) is 14.5 Å². The summed E-state index contributed by atoms with van der Waals surface area (Å²) >= 11 is 2.13. The van der Waals surface area contributed by atoms with E-state index in [0.29, 0.717) is 5.75 Å². The van der Waals surface area contributed by atoms with Gasteiger partial charge >= 0.3 is 5.97 Å². The Kier molecular flexibility index (Phi) is 4.11. The lowest BCUT2D eigenvalue weighted by molar-refractivity contribution is -0.150. The van der Waals surface area contributed by atoms with Crippen molar-refractivity contribution in [2.45, 2.75) is 11.4 Å². The molecule has 2 aliphatic rings. The molecule has 1 fully saturated rings. The van der Waals surface area contributed by atoms with Crippen LogP contribution in [0.4, 0.5) is 5.13 Å². The second-order valence-corrected chi connectivity index (χ2v) is 6.62. The largest absolute Gasteiger partial charge is 0.477 e. The Labute approximate surface area is 142 Å². The highest BCUT2D eigenvalue weighted by molar-refractivity contribution is 8.00. The van der Waals surface area contributed by atoms with E-state index in [0.717, 1.165) is 16.4 Å². The molecule has 0 aromatic carbocycles. The summed E-state index contributed by atoms with van der Waals surface area (Å²) in [7, 11) is 0. The maximum atomic E-state index is 12.2. The summed E-state index contributed by atoms with van der Waals surface area (Å²) in [5.41, 5.74) is 4.82. The van der Waals surface area contributed by atoms with Gasteiger partial charge < -0.3 is 21.4 Å². The van der Waals surface area contributed by atoms with Gasteiger partial charge in [-0.15, -0.1) is 11.8 Å². The minimum Gasteiger partial charge on any atom is -0.477 e. The number of anilines is 1. The van der Waals surface area contributed by atoms with Crippen molar-refractivity contribution in [3.8, 4) is 0 Å². The van der Waals surface area contributed by atoms with Crippen molar-refractivity contribution in [2.75, 3.05) is 11.5 Å². The molecule has 13 heteroatoms. The number of aromatic nitrogens is 2. The summed E-state index contributed by atoms with van der Waals surface area (Å²) in [6.07, 6.45) is 1.43. The predicted molar refractivity (Wildman–Crippen MR) is 83.4 cm³/mol. The molecule has 0 radical (unpaired) electrons. The SMILES string of the molecule is Nc1nc(C(=NO)C(=O)NC2C(=O)N3C(C(=O)O)=CCSC23)ns1. The highest BCUT2D eigenvalue weighted by Gasteiger charge is 2.53. The second kappa shape index (κ2) is 6.09. The normalized spacial score (nSPS) is 23.2. The fourth-order valence-corrected chi connectivity index (χ4v) is 3.90. The number of oxime groups is 1. The Morgan fingerprint density at radius 2 is 2.25 bits per heavy atom. The zero-order valence-corrected chi connectivity index (χ0v) is 13.4. The molecule has 0 saturated carbocycles. The molecular weight excluding hydrogens is 360 g/mol. The number of carboxylic acids is 1. The first-order valence-electron chi connectivity index (χ1n) is 6.44. The van der Waals surface area contributed by atoms with Crippen molar-refractivity contribution < 1.29 is 24.7 Å². The van der Waals surface area contributed by atoms with Crippen LogP contribution in [0.2, 0.25) is 0 Å². The molecule has 2 unspecified atom stereocenters. The van der Waals surface area contributed by atoms with Crippen LogP contribution < -0.4 is 11.1 Å². The third-order valence-electron chi connectivity index (χ3n) is 3.32. The van der Waals surface area contributed by atoms with Gasteiger partial charge in [0.15, 0.2) is 5.13 Å². The zero-order valence-electron chi connectivity index (χ0n) is 11.7. The molecule has 3 heterocycles. The number of carbonyl (C=O) groups is 3. The smallest absolute Gasteiger partial charge is 0.352 e. The van der Waals surface area contributed by atoms with Crippen molar-refractivity contribution in [1.29, 1.82) is 0 Å². The molecule has 2 aliphatic heterocycles. The van der Waals surface area contributed by atoms with E-state index in [1.165, 1.54) is 17.8 Å². The number of hydrogen-bond acceptors (Lipinski definition) is 10. The maximum Gasteiger partial charge on any atom is 0.352 e. The fraction of sp³-hybridized carbons (Fsp3) is 0.273. The van der Waals surface area contributed by atoms with Crippen LogP contribution in [0.5, 0.6) is 0 Å². The van der Waals surface area contributed by atoms with Crippen LogP contribution in [0.1, 0.15) is 5.82 Å². The number of nitrogens with zero attached hydrogens (tertiary/aromatic N) is 4. The lowest BCUT2D eigenvalue weighted by atomic mass is 10.0. The number of amides is 2. The van der Waals surface area contributed by atoms with E-state index in [9.17, 15) is 14.4 Å². The number of fused-ring (bicyclic) bond motifs is 1. The van der Waals surface area contributed by atoms with Crippen molar-refractivity contribution in [3.05, 3.63) is 17.6 Å². The van der Waals surface area contributed by atoms with Gasteiger partial charge in [-0.2, -0.15) is 9.36 Å². The molecule has 0 bridgehead atoms. The van der Waals surface area contributed by atoms with Gasteiger partial charge in [-0.05, 0) is 6.08 Å². The molecule has 126 valence electrons. The van der Waals surface area contributed by atoms with Gasteiger partial charge in [-0.25, -0.2) is 4.79 Å². The Morgan fingerprint density at radius 3 is 2.83 bits per heavy atom. The van der Waals surface area contributed by atoms with Crippen molar-refractivity contribution >= 4 is 51.9 Å². The number of rotatable bonds is 4. The minimum atomic E-state index is -1.21.